The van der Waals surface area contributed by atoms with E-state index in [0.29, 0.717) is 12.0 Å². The molecule has 0 spiro atoms. The largest absolute Gasteiger partial charge is 0.471 e. The van der Waals surface area contributed by atoms with Crippen LogP contribution in [-0.4, -0.2) is 24.5 Å². The highest BCUT2D eigenvalue weighted by Gasteiger charge is 2.43. The number of esters is 1. The first-order chi connectivity index (χ1) is 9.72. The van der Waals surface area contributed by atoms with Crippen molar-refractivity contribution in [1.82, 2.24) is 0 Å². The minimum Gasteiger partial charge on any atom is -0.471 e. The third-order valence-corrected chi connectivity index (χ3v) is 3.95. The summed E-state index contributed by atoms with van der Waals surface area (Å²) >= 11 is 0. The molecule has 0 radical (unpaired) electrons. The molecule has 4 heteroatoms. The Bertz CT molecular complexity index is 573. The maximum atomic E-state index is 11.8. The van der Waals surface area contributed by atoms with E-state index in [-0.39, 0.29) is 11.8 Å². The van der Waals surface area contributed by atoms with Crippen molar-refractivity contribution in [3.8, 4) is 0 Å². The summed E-state index contributed by atoms with van der Waals surface area (Å²) < 4.78 is 10.0. The molecule has 4 nitrogen and oxygen atoms in total. The van der Waals surface area contributed by atoms with E-state index in [1.165, 1.54) is 13.4 Å². The van der Waals surface area contributed by atoms with Crippen molar-refractivity contribution in [2.24, 2.45) is 11.8 Å². The normalized spacial score (nSPS) is 28.0. The molecular formula is C16H16O4. The van der Waals surface area contributed by atoms with Crippen LogP contribution in [0.4, 0.5) is 0 Å². The predicted molar refractivity (Wildman–Crippen MR) is 73.2 cm³/mol. The van der Waals surface area contributed by atoms with Gasteiger partial charge < -0.3 is 14.6 Å². The summed E-state index contributed by atoms with van der Waals surface area (Å²) in [5.74, 6) is -0.701. The zero-order valence-electron chi connectivity index (χ0n) is 11.2. The minimum atomic E-state index is -0.928. The molecule has 104 valence electrons. The van der Waals surface area contributed by atoms with Gasteiger partial charge in [-0.25, -0.2) is 4.79 Å². The Hall–Kier alpha value is -2.07. The molecule has 20 heavy (non-hydrogen) atoms. The van der Waals surface area contributed by atoms with Gasteiger partial charge in [-0.1, -0.05) is 36.4 Å². The fourth-order valence-electron chi connectivity index (χ4n) is 3.00. The van der Waals surface area contributed by atoms with Crippen molar-refractivity contribution in [2.75, 3.05) is 7.11 Å². The van der Waals surface area contributed by atoms with Gasteiger partial charge in [0.1, 0.15) is 0 Å². The average molecular weight is 272 g/mol. The second-order valence-corrected chi connectivity index (χ2v) is 4.98. The molecule has 1 aromatic rings. The van der Waals surface area contributed by atoms with Crippen molar-refractivity contribution in [3.63, 3.8) is 0 Å². The lowest BCUT2D eigenvalue weighted by molar-refractivity contribution is -0.140. The van der Waals surface area contributed by atoms with Gasteiger partial charge in [0.2, 0.25) is 6.29 Å². The fraction of sp³-hybridized carbons (Fsp3) is 0.312. The van der Waals surface area contributed by atoms with Crippen LogP contribution in [0.2, 0.25) is 0 Å². The molecule has 1 aliphatic heterocycles. The lowest BCUT2D eigenvalue weighted by atomic mass is 9.81. The highest BCUT2D eigenvalue weighted by Crippen LogP contribution is 2.46. The number of aliphatic hydroxyl groups is 1. The first kappa shape index (κ1) is 12.9. The fourth-order valence-corrected chi connectivity index (χ4v) is 3.00. The van der Waals surface area contributed by atoms with Gasteiger partial charge in [-0.05, 0) is 17.6 Å². The van der Waals surface area contributed by atoms with Crippen LogP contribution in [0.15, 0.2) is 48.2 Å². The van der Waals surface area contributed by atoms with E-state index in [1.54, 1.807) is 0 Å². The van der Waals surface area contributed by atoms with Gasteiger partial charge in [-0.3, -0.25) is 0 Å². The Morgan fingerprint density at radius 2 is 2.10 bits per heavy atom. The molecule has 1 aliphatic carbocycles. The third-order valence-electron chi connectivity index (χ3n) is 3.95. The summed E-state index contributed by atoms with van der Waals surface area (Å²) in [7, 11) is 1.35. The lowest BCUT2D eigenvalue weighted by Crippen LogP contribution is -2.34. The number of ether oxygens (including phenoxy) is 2. The number of fused-ring (bicyclic) bond motifs is 1. The van der Waals surface area contributed by atoms with Gasteiger partial charge in [0, 0.05) is 5.92 Å². The number of carbonyl (C=O) groups is 1. The van der Waals surface area contributed by atoms with Gasteiger partial charge in [-0.2, -0.15) is 0 Å². The summed E-state index contributed by atoms with van der Waals surface area (Å²) in [6.07, 6.45) is 3.18. The minimum absolute atomic E-state index is 0.0820. The Labute approximate surface area is 117 Å². The van der Waals surface area contributed by atoms with Gasteiger partial charge in [0.15, 0.2) is 0 Å². The van der Waals surface area contributed by atoms with E-state index < -0.39 is 12.3 Å². The van der Waals surface area contributed by atoms with Crippen molar-refractivity contribution in [2.45, 2.75) is 12.7 Å². The first-order valence-electron chi connectivity index (χ1n) is 6.59. The van der Waals surface area contributed by atoms with Crippen molar-refractivity contribution < 1.29 is 19.4 Å². The van der Waals surface area contributed by atoms with Crippen molar-refractivity contribution in [1.29, 1.82) is 0 Å². The maximum absolute atomic E-state index is 11.8. The van der Waals surface area contributed by atoms with Crippen LogP contribution >= 0.6 is 0 Å². The summed E-state index contributed by atoms with van der Waals surface area (Å²) in [5, 5.41) is 10.1. The number of hydrogen-bond donors (Lipinski definition) is 1. The summed E-state index contributed by atoms with van der Waals surface area (Å²) in [6.45, 7) is 0. The predicted octanol–water partition coefficient (Wildman–Crippen LogP) is 2.11. The van der Waals surface area contributed by atoms with Crippen LogP contribution in [0.1, 0.15) is 12.0 Å². The van der Waals surface area contributed by atoms with E-state index >= 15 is 0 Å². The Balaban J connectivity index is 1.93. The van der Waals surface area contributed by atoms with Crippen molar-refractivity contribution >= 4 is 11.5 Å². The van der Waals surface area contributed by atoms with Gasteiger partial charge in [-0.15, -0.1) is 0 Å². The number of methoxy groups -OCH3 is 1. The molecule has 0 amide bonds. The van der Waals surface area contributed by atoms with E-state index in [2.05, 4.69) is 6.08 Å². The molecule has 0 saturated heterocycles. The summed E-state index contributed by atoms with van der Waals surface area (Å²) in [6, 6.07) is 9.85. The SMILES string of the molecule is COC(=O)C1=COC(O)C2C(c3ccccc3)=CCC12. The molecule has 1 aromatic carbocycles. The molecular weight excluding hydrogens is 256 g/mol. The molecule has 1 N–H and O–H groups in total. The second kappa shape index (κ2) is 5.13. The number of benzene rings is 1. The van der Waals surface area contributed by atoms with E-state index in [1.807, 2.05) is 30.3 Å². The van der Waals surface area contributed by atoms with E-state index in [0.717, 1.165) is 11.1 Å². The Morgan fingerprint density at radius 1 is 1.35 bits per heavy atom. The zero-order chi connectivity index (χ0) is 14.1. The molecule has 0 bridgehead atoms. The van der Waals surface area contributed by atoms with Crippen LogP contribution in [-0.2, 0) is 14.3 Å². The molecule has 3 atom stereocenters. The standard InChI is InChI=1S/C16H16O4/c1-19-15(17)13-9-20-16(18)14-11(7-8-12(13)14)10-5-3-2-4-6-10/h2-7,9,12,14,16,18H,8H2,1H3. The number of aliphatic hydroxyl groups excluding tert-OH is 1. The second-order valence-electron chi connectivity index (χ2n) is 4.98. The van der Waals surface area contributed by atoms with Crippen LogP contribution in [0.3, 0.4) is 0 Å². The first-order valence-corrected chi connectivity index (χ1v) is 6.59. The van der Waals surface area contributed by atoms with E-state index in [9.17, 15) is 9.90 Å². The smallest absolute Gasteiger partial charge is 0.337 e. The van der Waals surface area contributed by atoms with Gasteiger partial charge in [0.25, 0.3) is 0 Å². The topological polar surface area (TPSA) is 55.8 Å². The molecule has 2 aliphatic rings. The molecule has 0 saturated carbocycles. The van der Waals surface area contributed by atoms with Crippen LogP contribution in [0.5, 0.6) is 0 Å². The Kier molecular flexibility index (Phi) is 3.32. The van der Waals surface area contributed by atoms with Crippen LogP contribution in [0.25, 0.3) is 5.57 Å². The van der Waals surface area contributed by atoms with E-state index in [4.69, 9.17) is 9.47 Å². The van der Waals surface area contributed by atoms with Gasteiger partial charge in [0.05, 0.1) is 24.9 Å². The summed E-state index contributed by atoms with van der Waals surface area (Å²) in [5.41, 5.74) is 2.57. The highest BCUT2D eigenvalue weighted by molar-refractivity contribution is 5.90. The molecule has 3 rings (SSSR count). The Morgan fingerprint density at radius 3 is 2.80 bits per heavy atom. The van der Waals surface area contributed by atoms with Crippen LogP contribution in [0, 0.1) is 11.8 Å². The summed E-state index contributed by atoms with van der Waals surface area (Å²) in [4.78, 5) is 11.8. The molecule has 1 heterocycles. The highest BCUT2D eigenvalue weighted by atomic mass is 16.6. The average Bonchev–Trinajstić information content (AvgIpc) is 2.93. The van der Waals surface area contributed by atoms with Crippen molar-refractivity contribution in [3.05, 3.63) is 53.8 Å². The number of hydrogen-bond acceptors (Lipinski definition) is 4. The molecule has 0 aromatic heterocycles. The molecule has 0 fully saturated rings. The monoisotopic (exact) mass is 272 g/mol. The number of carbonyl (C=O) groups excluding carboxylic acids is 1. The number of allylic oxidation sites excluding steroid dienone is 1. The third kappa shape index (κ3) is 2.02. The van der Waals surface area contributed by atoms with Gasteiger partial charge >= 0.3 is 5.97 Å². The maximum Gasteiger partial charge on any atom is 0.337 e. The number of rotatable bonds is 2. The quantitative estimate of drug-likeness (QED) is 0.838. The molecule has 3 unspecified atom stereocenters. The lowest BCUT2D eigenvalue weighted by Gasteiger charge is -2.32. The van der Waals surface area contributed by atoms with Crippen LogP contribution < -0.4 is 0 Å². The zero-order valence-corrected chi connectivity index (χ0v) is 11.2.